The topological polar surface area (TPSA) is 55.4 Å². The second kappa shape index (κ2) is 6.02. The summed E-state index contributed by atoms with van der Waals surface area (Å²) in [5.41, 5.74) is 3.14. The number of nitrogens with one attached hydrogen (secondary N) is 1. The monoisotopic (exact) mass is 327 g/mol. The van der Waals surface area contributed by atoms with E-state index in [0.29, 0.717) is 10.5 Å². The molecule has 118 valence electrons. The van der Waals surface area contributed by atoms with Gasteiger partial charge in [-0.05, 0) is 36.2 Å². The second-order valence-corrected chi connectivity index (χ2v) is 7.43. The maximum atomic E-state index is 12.2. The SMILES string of the molecule is C=S(=O)(NC)c1ccc(C2=C(c3ccccc3)C(=O)OC2)cc1. The molecule has 0 spiro atoms. The van der Waals surface area contributed by atoms with Gasteiger partial charge in [0.1, 0.15) is 6.61 Å². The second-order valence-electron chi connectivity index (χ2n) is 5.20. The molecule has 2 aromatic rings. The first kappa shape index (κ1) is 15.5. The minimum absolute atomic E-state index is 0.244. The molecule has 1 N–H and O–H groups in total. The summed E-state index contributed by atoms with van der Waals surface area (Å²) in [4.78, 5) is 12.7. The van der Waals surface area contributed by atoms with Crippen LogP contribution >= 0.6 is 0 Å². The van der Waals surface area contributed by atoms with Gasteiger partial charge < -0.3 is 4.74 Å². The molecule has 1 aliphatic heterocycles. The van der Waals surface area contributed by atoms with E-state index in [4.69, 9.17) is 4.74 Å². The van der Waals surface area contributed by atoms with Crippen molar-refractivity contribution in [2.75, 3.05) is 13.7 Å². The van der Waals surface area contributed by atoms with Crippen molar-refractivity contribution in [3.8, 4) is 0 Å². The lowest BCUT2D eigenvalue weighted by atomic mass is 9.97. The number of carbonyl (C=O) groups is 1. The number of esters is 1. The van der Waals surface area contributed by atoms with Gasteiger partial charge in [-0.3, -0.25) is 0 Å². The van der Waals surface area contributed by atoms with E-state index in [1.54, 1.807) is 19.2 Å². The number of hydrogen-bond acceptors (Lipinski definition) is 3. The van der Waals surface area contributed by atoms with Crippen LogP contribution in [0.5, 0.6) is 0 Å². The minimum atomic E-state index is -2.48. The van der Waals surface area contributed by atoms with Crippen LogP contribution in [0.25, 0.3) is 11.1 Å². The van der Waals surface area contributed by atoms with Gasteiger partial charge in [0, 0.05) is 10.5 Å². The van der Waals surface area contributed by atoms with Gasteiger partial charge in [0.15, 0.2) is 0 Å². The first-order chi connectivity index (χ1) is 11.0. The average molecular weight is 327 g/mol. The van der Waals surface area contributed by atoms with Crippen molar-refractivity contribution >= 4 is 32.7 Å². The largest absolute Gasteiger partial charge is 0.457 e. The predicted molar refractivity (Wildman–Crippen MR) is 93.2 cm³/mol. The number of carbonyl (C=O) groups excluding carboxylic acids is 1. The predicted octanol–water partition coefficient (Wildman–Crippen LogP) is 2.36. The lowest BCUT2D eigenvalue weighted by molar-refractivity contribution is -0.133. The van der Waals surface area contributed by atoms with Crippen LogP contribution in [-0.4, -0.2) is 29.7 Å². The molecule has 0 aliphatic carbocycles. The third-order valence-electron chi connectivity index (χ3n) is 3.83. The molecule has 0 amide bonds. The molecule has 0 fully saturated rings. The molecule has 1 atom stereocenters. The standard InChI is InChI=1S/C18H17NO3S/c1-19-23(2,21)15-10-8-13(9-11-15)16-12-22-18(20)17(16)14-6-4-3-5-7-14/h3-11H,2,12H2,1H3,(H,19,21). The molecule has 2 aromatic carbocycles. The number of hydrogen-bond donors (Lipinski definition) is 1. The highest BCUT2D eigenvalue weighted by molar-refractivity contribution is 7.98. The highest BCUT2D eigenvalue weighted by Crippen LogP contribution is 2.33. The molecule has 1 aliphatic rings. The molecule has 3 rings (SSSR count). The summed E-state index contributed by atoms with van der Waals surface area (Å²) < 4.78 is 20.1. The summed E-state index contributed by atoms with van der Waals surface area (Å²) in [6.07, 6.45) is 0. The van der Waals surface area contributed by atoms with Gasteiger partial charge in [-0.1, -0.05) is 42.5 Å². The van der Waals surface area contributed by atoms with E-state index in [0.717, 1.165) is 16.7 Å². The molecule has 23 heavy (non-hydrogen) atoms. The van der Waals surface area contributed by atoms with Gasteiger partial charge >= 0.3 is 5.97 Å². The van der Waals surface area contributed by atoms with Crippen LogP contribution in [0.2, 0.25) is 0 Å². The molecule has 0 bridgehead atoms. The van der Waals surface area contributed by atoms with Crippen molar-refractivity contribution in [3.63, 3.8) is 0 Å². The molecular formula is C18H17NO3S. The Morgan fingerprint density at radius 3 is 2.30 bits per heavy atom. The van der Waals surface area contributed by atoms with Gasteiger partial charge in [-0.15, -0.1) is 0 Å². The van der Waals surface area contributed by atoms with Crippen molar-refractivity contribution in [1.29, 1.82) is 0 Å². The first-order valence-electron chi connectivity index (χ1n) is 7.15. The lowest BCUT2D eigenvalue weighted by Gasteiger charge is -2.09. The van der Waals surface area contributed by atoms with Crippen LogP contribution < -0.4 is 4.72 Å². The summed E-state index contributed by atoms with van der Waals surface area (Å²) >= 11 is 0. The zero-order chi connectivity index (χ0) is 16.4. The molecule has 0 saturated heterocycles. The van der Waals surface area contributed by atoms with Crippen molar-refractivity contribution in [2.45, 2.75) is 4.90 Å². The average Bonchev–Trinajstić information content (AvgIpc) is 2.97. The van der Waals surface area contributed by atoms with Gasteiger partial charge in [-0.2, -0.15) is 0 Å². The van der Waals surface area contributed by atoms with Crippen LogP contribution in [0.15, 0.2) is 59.5 Å². The van der Waals surface area contributed by atoms with Crippen LogP contribution in [-0.2, 0) is 19.2 Å². The molecular weight excluding hydrogens is 310 g/mol. The molecule has 0 aromatic heterocycles. The normalized spacial score (nSPS) is 17.0. The number of cyclic esters (lactones) is 1. The van der Waals surface area contributed by atoms with E-state index in [1.807, 2.05) is 42.5 Å². The molecule has 0 radical (unpaired) electrons. The van der Waals surface area contributed by atoms with Crippen molar-refractivity contribution in [3.05, 3.63) is 65.7 Å². The van der Waals surface area contributed by atoms with Crippen molar-refractivity contribution in [1.82, 2.24) is 4.72 Å². The Bertz CT molecular complexity index is 866. The summed E-state index contributed by atoms with van der Waals surface area (Å²) in [6, 6.07) is 16.7. The van der Waals surface area contributed by atoms with Crippen LogP contribution in [0.4, 0.5) is 0 Å². The number of ether oxygens (including phenoxy) is 1. The quantitative estimate of drug-likeness (QED) is 0.693. The van der Waals surface area contributed by atoms with Crippen LogP contribution in [0, 0.1) is 0 Å². The minimum Gasteiger partial charge on any atom is -0.457 e. The first-order valence-corrected chi connectivity index (χ1v) is 8.87. The smallest absolute Gasteiger partial charge is 0.339 e. The fourth-order valence-corrected chi connectivity index (χ4v) is 3.34. The third-order valence-corrected chi connectivity index (χ3v) is 5.52. The third kappa shape index (κ3) is 2.93. The Morgan fingerprint density at radius 2 is 1.70 bits per heavy atom. The summed E-state index contributed by atoms with van der Waals surface area (Å²) in [7, 11) is -0.865. The van der Waals surface area contributed by atoms with E-state index in [2.05, 4.69) is 10.6 Å². The fourth-order valence-electron chi connectivity index (χ4n) is 2.52. The Hall–Kier alpha value is -2.37. The summed E-state index contributed by atoms with van der Waals surface area (Å²) in [5.74, 6) is 3.37. The molecule has 1 heterocycles. The zero-order valence-electron chi connectivity index (χ0n) is 12.7. The van der Waals surface area contributed by atoms with Gasteiger partial charge in [0.05, 0.1) is 15.3 Å². The maximum absolute atomic E-state index is 12.2. The van der Waals surface area contributed by atoms with Crippen molar-refractivity contribution in [2.24, 2.45) is 0 Å². The van der Waals surface area contributed by atoms with E-state index in [1.165, 1.54) is 0 Å². The maximum Gasteiger partial charge on any atom is 0.339 e. The summed E-state index contributed by atoms with van der Waals surface area (Å²) in [6.45, 7) is 0.244. The van der Waals surface area contributed by atoms with Crippen LogP contribution in [0.3, 0.4) is 0 Å². The molecule has 1 unspecified atom stereocenters. The Morgan fingerprint density at radius 1 is 1.04 bits per heavy atom. The summed E-state index contributed by atoms with van der Waals surface area (Å²) in [5, 5.41) is 0. The molecule has 4 nitrogen and oxygen atoms in total. The lowest BCUT2D eigenvalue weighted by Crippen LogP contribution is -2.18. The Kier molecular flexibility index (Phi) is 4.07. The number of benzene rings is 2. The highest BCUT2D eigenvalue weighted by Gasteiger charge is 2.27. The van der Waals surface area contributed by atoms with E-state index in [-0.39, 0.29) is 12.6 Å². The number of rotatable bonds is 4. The Balaban J connectivity index is 2.06. The molecule has 0 saturated carbocycles. The van der Waals surface area contributed by atoms with E-state index < -0.39 is 9.71 Å². The molecule has 5 heteroatoms. The van der Waals surface area contributed by atoms with E-state index >= 15 is 0 Å². The van der Waals surface area contributed by atoms with Gasteiger partial charge in [0.2, 0.25) is 0 Å². The van der Waals surface area contributed by atoms with Crippen molar-refractivity contribution < 1.29 is 13.7 Å². The van der Waals surface area contributed by atoms with Gasteiger partial charge in [-0.25, -0.2) is 13.7 Å². The van der Waals surface area contributed by atoms with Gasteiger partial charge in [0.25, 0.3) is 0 Å². The zero-order valence-corrected chi connectivity index (χ0v) is 13.6. The van der Waals surface area contributed by atoms with Crippen LogP contribution in [0.1, 0.15) is 11.1 Å². The highest BCUT2D eigenvalue weighted by atomic mass is 32.2. The fraction of sp³-hybridized carbons (Fsp3) is 0.111. The Labute approximate surface area is 135 Å². The van der Waals surface area contributed by atoms with E-state index in [9.17, 15) is 9.00 Å².